The Hall–Kier alpha value is -1.87. The fourth-order valence-corrected chi connectivity index (χ4v) is 2.39. The van der Waals surface area contributed by atoms with Gasteiger partial charge in [-0.2, -0.15) is 0 Å². The van der Waals surface area contributed by atoms with E-state index < -0.39 is 11.9 Å². The second-order valence-electron chi connectivity index (χ2n) is 5.05. The van der Waals surface area contributed by atoms with Gasteiger partial charge in [0.1, 0.15) is 17.7 Å². The van der Waals surface area contributed by atoms with Gasteiger partial charge in [0.05, 0.1) is 12.7 Å². The van der Waals surface area contributed by atoms with Gasteiger partial charge in [-0.3, -0.25) is 0 Å². The number of hydrogen-bond acceptors (Lipinski definition) is 2. The standard InChI is InChI=1S/C17H19FO2/c1-10-8-12(3)13(9-11(10)2)17(19)16-14(18)6-5-7-15(16)20-4/h5-9,17,19H,1-4H3. The lowest BCUT2D eigenvalue weighted by molar-refractivity contribution is 0.208. The molecule has 2 rings (SSSR count). The largest absolute Gasteiger partial charge is 0.496 e. The molecule has 0 saturated heterocycles. The molecule has 106 valence electrons. The summed E-state index contributed by atoms with van der Waals surface area (Å²) in [6.07, 6.45) is -1.04. The summed E-state index contributed by atoms with van der Waals surface area (Å²) in [6, 6.07) is 8.45. The van der Waals surface area contributed by atoms with Crippen LogP contribution in [0.15, 0.2) is 30.3 Å². The second-order valence-corrected chi connectivity index (χ2v) is 5.05. The zero-order chi connectivity index (χ0) is 14.9. The maximum Gasteiger partial charge on any atom is 0.133 e. The predicted octanol–water partition coefficient (Wildman–Crippen LogP) is 3.84. The number of aliphatic hydroxyl groups excluding tert-OH is 1. The summed E-state index contributed by atoms with van der Waals surface area (Å²) < 4.78 is 19.2. The van der Waals surface area contributed by atoms with E-state index in [-0.39, 0.29) is 5.56 Å². The van der Waals surface area contributed by atoms with Gasteiger partial charge in [0.15, 0.2) is 0 Å². The van der Waals surface area contributed by atoms with Crippen molar-refractivity contribution in [3.8, 4) is 5.75 Å². The Labute approximate surface area is 118 Å². The first-order valence-electron chi connectivity index (χ1n) is 6.54. The molecule has 0 aliphatic carbocycles. The molecule has 1 atom stereocenters. The van der Waals surface area contributed by atoms with Gasteiger partial charge < -0.3 is 9.84 Å². The van der Waals surface area contributed by atoms with Crippen LogP contribution in [0, 0.1) is 26.6 Å². The fourth-order valence-electron chi connectivity index (χ4n) is 2.39. The molecule has 0 spiro atoms. The molecule has 0 aliphatic heterocycles. The molecule has 0 fully saturated rings. The number of benzene rings is 2. The molecule has 0 bridgehead atoms. The van der Waals surface area contributed by atoms with Gasteiger partial charge in [-0.1, -0.05) is 18.2 Å². The van der Waals surface area contributed by atoms with Gasteiger partial charge in [-0.25, -0.2) is 4.39 Å². The van der Waals surface area contributed by atoms with Crippen molar-refractivity contribution in [1.29, 1.82) is 0 Å². The quantitative estimate of drug-likeness (QED) is 0.921. The molecule has 2 nitrogen and oxygen atoms in total. The molecule has 0 heterocycles. The Morgan fingerprint density at radius 2 is 1.70 bits per heavy atom. The molecular weight excluding hydrogens is 255 g/mol. The van der Waals surface area contributed by atoms with Crippen molar-refractivity contribution in [3.63, 3.8) is 0 Å². The van der Waals surface area contributed by atoms with Crippen molar-refractivity contribution in [2.45, 2.75) is 26.9 Å². The van der Waals surface area contributed by atoms with Crippen LogP contribution in [0.2, 0.25) is 0 Å². The van der Waals surface area contributed by atoms with E-state index in [1.165, 1.54) is 13.2 Å². The Balaban J connectivity index is 2.57. The highest BCUT2D eigenvalue weighted by Gasteiger charge is 2.21. The molecule has 1 unspecified atom stereocenters. The highest BCUT2D eigenvalue weighted by atomic mass is 19.1. The minimum atomic E-state index is -1.04. The Kier molecular flexibility index (Phi) is 4.09. The van der Waals surface area contributed by atoms with Crippen molar-refractivity contribution in [3.05, 3.63) is 64.0 Å². The van der Waals surface area contributed by atoms with Gasteiger partial charge in [-0.05, 0) is 55.2 Å². The average Bonchev–Trinajstić information content (AvgIpc) is 2.41. The number of hydrogen-bond donors (Lipinski definition) is 1. The number of aliphatic hydroxyl groups is 1. The second kappa shape index (κ2) is 5.63. The topological polar surface area (TPSA) is 29.5 Å². The third-order valence-electron chi connectivity index (χ3n) is 3.68. The molecule has 1 N–H and O–H groups in total. The number of ether oxygens (including phenoxy) is 1. The minimum absolute atomic E-state index is 0.182. The molecule has 2 aromatic carbocycles. The van der Waals surface area contributed by atoms with E-state index >= 15 is 0 Å². The van der Waals surface area contributed by atoms with Crippen molar-refractivity contribution in [2.24, 2.45) is 0 Å². The highest BCUT2D eigenvalue weighted by molar-refractivity contribution is 5.46. The predicted molar refractivity (Wildman–Crippen MR) is 77.7 cm³/mol. The lowest BCUT2D eigenvalue weighted by Gasteiger charge is -2.19. The molecule has 20 heavy (non-hydrogen) atoms. The van der Waals surface area contributed by atoms with Gasteiger partial charge in [0.2, 0.25) is 0 Å². The van der Waals surface area contributed by atoms with Crippen molar-refractivity contribution < 1.29 is 14.2 Å². The summed E-state index contributed by atoms with van der Waals surface area (Å²) in [7, 11) is 1.47. The van der Waals surface area contributed by atoms with E-state index in [0.29, 0.717) is 11.3 Å². The summed E-state index contributed by atoms with van der Waals surface area (Å²) in [6.45, 7) is 5.91. The van der Waals surface area contributed by atoms with Crippen LogP contribution in [-0.2, 0) is 0 Å². The maximum absolute atomic E-state index is 14.0. The molecule has 2 aromatic rings. The minimum Gasteiger partial charge on any atom is -0.496 e. The molecule has 0 radical (unpaired) electrons. The zero-order valence-corrected chi connectivity index (χ0v) is 12.2. The monoisotopic (exact) mass is 274 g/mol. The van der Waals surface area contributed by atoms with Crippen LogP contribution in [0.1, 0.15) is 33.9 Å². The Bertz CT molecular complexity index is 635. The molecule has 0 saturated carbocycles. The molecular formula is C17H19FO2. The zero-order valence-electron chi connectivity index (χ0n) is 12.2. The lowest BCUT2D eigenvalue weighted by Crippen LogP contribution is -2.07. The molecule has 0 aromatic heterocycles. The van der Waals surface area contributed by atoms with Crippen molar-refractivity contribution >= 4 is 0 Å². The first-order chi connectivity index (χ1) is 9.45. The van der Waals surface area contributed by atoms with E-state index in [9.17, 15) is 9.50 Å². The summed E-state index contributed by atoms with van der Waals surface area (Å²) >= 11 is 0. The van der Waals surface area contributed by atoms with Crippen molar-refractivity contribution in [2.75, 3.05) is 7.11 Å². The third kappa shape index (κ3) is 2.54. The molecule has 0 aliphatic rings. The number of methoxy groups -OCH3 is 1. The maximum atomic E-state index is 14.0. The Morgan fingerprint density at radius 1 is 1.05 bits per heavy atom. The smallest absolute Gasteiger partial charge is 0.133 e. The van der Waals surface area contributed by atoms with E-state index in [0.717, 1.165) is 16.7 Å². The highest BCUT2D eigenvalue weighted by Crippen LogP contribution is 2.34. The van der Waals surface area contributed by atoms with E-state index in [1.807, 2.05) is 32.9 Å². The Morgan fingerprint density at radius 3 is 2.35 bits per heavy atom. The van der Waals surface area contributed by atoms with Gasteiger partial charge in [0.25, 0.3) is 0 Å². The van der Waals surface area contributed by atoms with Crippen LogP contribution in [0.5, 0.6) is 5.75 Å². The fraction of sp³-hybridized carbons (Fsp3) is 0.294. The SMILES string of the molecule is COc1cccc(F)c1C(O)c1cc(C)c(C)cc1C. The normalized spacial score (nSPS) is 12.3. The van der Waals surface area contributed by atoms with Crippen LogP contribution in [0.4, 0.5) is 4.39 Å². The molecule has 3 heteroatoms. The van der Waals surface area contributed by atoms with Crippen LogP contribution in [0.3, 0.4) is 0 Å². The van der Waals surface area contributed by atoms with Gasteiger partial charge in [0, 0.05) is 0 Å². The van der Waals surface area contributed by atoms with Crippen molar-refractivity contribution in [1.82, 2.24) is 0 Å². The van der Waals surface area contributed by atoms with Crippen LogP contribution >= 0.6 is 0 Å². The number of rotatable bonds is 3. The summed E-state index contributed by atoms with van der Waals surface area (Å²) in [5.41, 5.74) is 4.04. The third-order valence-corrected chi connectivity index (χ3v) is 3.68. The summed E-state index contributed by atoms with van der Waals surface area (Å²) in [5, 5.41) is 10.6. The first-order valence-corrected chi connectivity index (χ1v) is 6.54. The van der Waals surface area contributed by atoms with Crippen LogP contribution < -0.4 is 4.74 Å². The van der Waals surface area contributed by atoms with E-state index in [4.69, 9.17) is 4.74 Å². The average molecular weight is 274 g/mol. The van der Waals surface area contributed by atoms with Crippen LogP contribution in [0.25, 0.3) is 0 Å². The number of aryl methyl sites for hydroxylation is 3. The van der Waals surface area contributed by atoms with Gasteiger partial charge >= 0.3 is 0 Å². The lowest BCUT2D eigenvalue weighted by atomic mass is 9.93. The number of halogens is 1. The molecule has 0 amide bonds. The van der Waals surface area contributed by atoms with Crippen LogP contribution in [-0.4, -0.2) is 12.2 Å². The summed E-state index contributed by atoms with van der Waals surface area (Å²) in [4.78, 5) is 0. The van der Waals surface area contributed by atoms with Gasteiger partial charge in [-0.15, -0.1) is 0 Å². The summed E-state index contributed by atoms with van der Waals surface area (Å²) in [5.74, 6) is -0.107. The first kappa shape index (κ1) is 14.5. The van der Waals surface area contributed by atoms with E-state index in [1.54, 1.807) is 12.1 Å². The van der Waals surface area contributed by atoms with E-state index in [2.05, 4.69) is 0 Å².